The summed E-state index contributed by atoms with van der Waals surface area (Å²) in [5.41, 5.74) is 1.89. The van der Waals surface area contributed by atoms with Crippen molar-refractivity contribution in [1.82, 2.24) is 10.2 Å². The summed E-state index contributed by atoms with van der Waals surface area (Å²) in [6, 6.07) is 5.37. The smallest absolute Gasteiger partial charge is 0.338 e. The van der Waals surface area contributed by atoms with Gasteiger partial charge in [0.25, 0.3) is 0 Å². The monoisotopic (exact) mass is 227 g/mol. The Morgan fingerprint density at radius 3 is 3.12 bits per heavy atom. The number of carbonyl (C=O) groups excluding carboxylic acids is 1. The molecule has 1 aromatic heterocycles. The van der Waals surface area contributed by atoms with Gasteiger partial charge in [0.05, 0.1) is 30.5 Å². The van der Waals surface area contributed by atoms with Crippen LogP contribution >= 0.6 is 0 Å². The lowest BCUT2D eigenvalue weighted by Crippen LogP contribution is -2.02. The quantitative estimate of drug-likeness (QED) is 0.627. The highest BCUT2D eigenvalue weighted by molar-refractivity contribution is 6.04. The number of nitrogens with one attached hydrogen (secondary N) is 1. The number of nitriles is 1. The standard InChI is InChI=1S/C12H9N3O2/c1-17-12(16)9-5-8(3-2-4-13)6-11-10(9)7-14-15-11/h2-3,5-7H,1H3,(H,14,15). The molecule has 0 bridgehead atoms. The van der Waals surface area contributed by atoms with Crippen molar-refractivity contribution >= 4 is 22.9 Å². The maximum atomic E-state index is 11.6. The first-order valence-corrected chi connectivity index (χ1v) is 4.88. The van der Waals surface area contributed by atoms with Crippen molar-refractivity contribution in [3.05, 3.63) is 35.5 Å². The second-order valence-electron chi connectivity index (χ2n) is 3.35. The third-order valence-electron chi connectivity index (χ3n) is 2.34. The predicted molar refractivity (Wildman–Crippen MR) is 62.1 cm³/mol. The van der Waals surface area contributed by atoms with Gasteiger partial charge in [-0.3, -0.25) is 5.10 Å². The van der Waals surface area contributed by atoms with E-state index in [1.807, 2.05) is 12.1 Å². The Balaban J connectivity index is 2.63. The second kappa shape index (κ2) is 4.49. The first-order valence-electron chi connectivity index (χ1n) is 4.88. The van der Waals surface area contributed by atoms with E-state index in [4.69, 9.17) is 10.00 Å². The summed E-state index contributed by atoms with van der Waals surface area (Å²) in [5.74, 6) is -0.427. The molecule has 0 radical (unpaired) electrons. The van der Waals surface area contributed by atoms with Gasteiger partial charge in [0, 0.05) is 11.5 Å². The Labute approximate surface area is 97.3 Å². The molecular formula is C12H9N3O2. The lowest BCUT2D eigenvalue weighted by atomic mass is 10.1. The molecule has 0 atom stereocenters. The molecule has 5 nitrogen and oxygen atoms in total. The van der Waals surface area contributed by atoms with Crippen molar-refractivity contribution in [1.29, 1.82) is 5.26 Å². The van der Waals surface area contributed by atoms with Crippen LogP contribution in [0.1, 0.15) is 15.9 Å². The summed E-state index contributed by atoms with van der Waals surface area (Å²) in [5, 5.41) is 15.8. The van der Waals surface area contributed by atoms with Crippen LogP contribution in [-0.2, 0) is 4.74 Å². The van der Waals surface area contributed by atoms with Crippen molar-refractivity contribution in [2.24, 2.45) is 0 Å². The molecule has 0 aliphatic heterocycles. The molecule has 0 saturated heterocycles. The number of ether oxygens (including phenoxy) is 1. The van der Waals surface area contributed by atoms with Crippen LogP contribution in [0, 0.1) is 11.3 Å². The lowest BCUT2D eigenvalue weighted by Gasteiger charge is -2.02. The number of benzene rings is 1. The Bertz CT molecular complexity index is 635. The van der Waals surface area contributed by atoms with Crippen LogP contribution in [0.15, 0.2) is 24.4 Å². The summed E-state index contributed by atoms with van der Waals surface area (Å²) >= 11 is 0. The number of allylic oxidation sites excluding steroid dienone is 1. The van der Waals surface area contributed by atoms with Crippen LogP contribution in [-0.4, -0.2) is 23.3 Å². The number of methoxy groups -OCH3 is 1. The Morgan fingerprint density at radius 1 is 1.59 bits per heavy atom. The number of rotatable bonds is 2. The van der Waals surface area contributed by atoms with Gasteiger partial charge in [-0.1, -0.05) is 0 Å². The molecular weight excluding hydrogens is 218 g/mol. The fourth-order valence-corrected chi connectivity index (χ4v) is 1.58. The zero-order valence-electron chi connectivity index (χ0n) is 9.10. The normalized spacial score (nSPS) is 10.6. The number of aromatic amines is 1. The van der Waals surface area contributed by atoms with E-state index in [1.165, 1.54) is 13.2 Å². The largest absolute Gasteiger partial charge is 0.465 e. The first kappa shape index (κ1) is 10.9. The first-order chi connectivity index (χ1) is 8.26. The molecule has 0 fully saturated rings. The molecule has 0 spiro atoms. The fourth-order valence-electron chi connectivity index (χ4n) is 1.58. The minimum atomic E-state index is -0.427. The summed E-state index contributed by atoms with van der Waals surface area (Å²) in [7, 11) is 1.33. The van der Waals surface area contributed by atoms with E-state index < -0.39 is 5.97 Å². The van der Waals surface area contributed by atoms with E-state index in [0.29, 0.717) is 10.9 Å². The third kappa shape index (κ3) is 2.01. The van der Waals surface area contributed by atoms with Crippen LogP contribution in [0.3, 0.4) is 0 Å². The van der Waals surface area contributed by atoms with Gasteiger partial charge in [0.2, 0.25) is 0 Å². The van der Waals surface area contributed by atoms with Crippen LogP contribution in [0.5, 0.6) is 0 Å². The molecule has 0 amide bonds. The van der Waals surface area contributed by atoms with E-state index in [2.05, 4.69) is 10.2 Å². The maximum absolute atomic E-state index is 11.6. The van der Waals surface area contributed by atoms with Gasteiger partial charge < -0.3 is 4.74 Å². The second-order valence-corrected chi connectivity index (χ2v) is 3.35. The topological polar surface area (TPSA) is 78.8 Å². The summed E-state index contributed by atoms with van der Waals surface area (Å²) in [4.78, 5) is 11.6. The molecule has 0 saturated carbocycles. The van der Waals surface area contributed by atoms with Crippen molar-refractivity contribution in [2.45, 2.75) is 0 Å². The van der Waals surface area contributed by atoms with Gasteiger partial charge in [0.15, 0.2) is 0 Å². The molecule has 2 aromatic rings. The van der Waals surface area contributed by atoms with Crippen molar-refractivity contribution < 1.29 is 9.53 Å². The zero-order valence-corrected chi connectivity index (χ0v) is 9.10. The van der Waals surface area contributed by atoms with Gasteiger partial charge in [-0.25, -0.2) is 4.79 Å². The molecule has 0 unspecified atom stereocenters. The molecule has 1 aromatic carbocycles. The van der Waals surface area contributed by atoms with Crippen LogP contribution in [0.4, 0.5) is 0 Å². The minimum Gasteiger partial charge on any atom is -0.465 e. The average Bonchev–Trinajstić information content (AvgIpc) is 2.82. The van der Waals surface area contributed by atoms with Gasteiger partial charge >= 0.3 is 5.97 Å². The van der Waals surface area contributed by atoms with Crippen molar-refractivity contribution in [2.75, 3.05) is 7.11 Å². The van der Waals surface area contributed by atoms with Crippen molar-refractivity contribution in [3.8, 4) is 6.07 Å². The van der Waals surface area contributed by atoms with Crippen LogP contribution in [0.2, 0.25) is 0 Å². The van der Waals surface area contributed by atoms with Gasteiger partial charge in [-0.2, -0.15) is 10.4 Å². The highest BCUT2D eigenvalue weighted by Crippen LogP contribution is 2.20. The van der Waals surface area contributed by atoms with E-state index in [0.717, 1.165) is 11.1 Å². The Hall–Kier alpha value is -2.61. The van der Waals surface area contributed by atoms with Crippen LogP contribution < -0.4 is 0 Å². The zero-order chi connectivity index (χ0) is 12.3. The fraction of sp³-hybridized carbons (Fsp3) is 0.0833. The number of hydrogen-bond donors (Lipinski definition) is 1. The number of esters is 1. The molecule has 1 heterocycles. The molecule has 2 rings (SSSR count). The van der Waals surface area contributed by atoms with E-state index >= 15 is 0 Å². The minimum absolute atomic E-state index is 0.427. The number of hydrogen-bond acceptors (Lipinski definition) is 4. The molecule has 0 aliphatic carbocycles. The highest BCUT2D eigenvalue weighted by Gasteiger charge is 2.12. The number of H-pyrrole nitrogens is 1. The van der Waals surface area contributed by atoms with E-state index in [-0.39, 0.29) is 0 Å². The molecule has 0 aliphatic rings. The van der Waals surface area contributed by atoms with E-state index in [9.17, 15) is 4.79 Å². The van der Waals surface area contributed by atoms with Crippen molar-refractivity contribution in [3.63, 3.8) is 0 Å². The number of carbonyl (C=O) groups is 1. The summed E-state index contributed by atoms with van der Waals surface area (Å²) in [6.07, 6.45) is 4.53. The molecule has 5 heteroatoms. The highest BCUT2D eigenvalue weighted by atomic mass is 16.5. The van der Waals surface area contributed by atoms with Crippen LogP contribution in [0.25, 0.3) is 17.0 Å². The predicted octanol–water partition coefficient (Wildman–Crippen LogP) is 1.89. The lowest BCUT2D eigenvalue weighted by molar-refractivity contribution is 0.0603. The molecule has 17 heavy (non-hydrogen) atoms. The average molecular weight is 227 g/mol. The van der Waals surface area contributed by atoms with Gasteiger partial charge in [0.1, 0.15) is 0 Å². The number of fused-ring (bicyclic) bond motifs is 1. The SMILES string of the molecule is COC(=O)c1cc(C=CC#N)cc2[nH]ncc12. The number of aromatic nitrogens is 2. The van der Waals surface area contributed by atoms with Gasteiger partial charge in [-0.05, 0) is 23.8 Å². The van der Waals surface area contributed by atoms with Gasteiger partial charge in [-0.15, -0.1) is 0 Å². The molecule has 84 valence electrons. The number of nitrogens with zero attached hydrogens (tertiary/aromatic N) is 2. The Kier molecular flexibility index (Phi) is 2.88. The van der Waals surface area contributed by atoms with E-state index in [1.54, 1.807) is 18.3 Å². The Morgan fingerprint density at radius 2 is 2.41 bits per heavy atom. The third-order valence-corrected chi connectivity index (χ3v) is 2.34. The molecule has 1 N–H and O–H groups in total. The summed E-state index contributed by atoms with van der Waals surface area (Å²) < 4.78 is 4.70. The summed E-state index contributed by atoms with van der Waals surface area (Å²) in [6.45, 7) is 0. The maximum Gasteiger partial charge on any atom is 0.338 e.